The molecule has 0 radical (unpaired) electrons. The molecular weight excluding hydrogens is 216 g/mol. The smallest absolute Gasteiger partial charge is 0.240 e. The quantitative estimate of drug-likeness (QED) is 0.792. The summed E-state index contributed by atoms with van der Waals surface area (Å²) in [4.78, 5) is 17.7. The maximum Gasteiger partial charge on any atom is 0.240 e. The van der Waals surface area contributed by atoms with Crippen molar-refractivity contribution in [1.82, 2.24) is 4.98 Å². The molecule has 1 atom stereocenters. The lowest BCUT2D eigenvalue weighted by atomic mass is 10.0. The Morgan fingerprint density at radius 1 is 1.53 bits per heavy atom. The number of rotatable bonds is 3. The molecule has 0 aromatic carbocycles. The number of piperidine rings is 1. The van der Waals surface area contributed by atoms with Crippen molar-refractivity contribution in [2.75, 3.05) is 11.4 Å². The molecule has 0 aliphatic carbocycles. The third kappa shape index (κ3) is 2.55. The minimum Gasteiger partial charge on any atom is -0.368 e. The molecule has 1 amide bonds. The summed E-state index contributed by atoms with van der Waals surface area (Å²) in [6, 6.07) is 3.58. The van der Waals surface area contributed by atoms with Gasteiger partial charge in [0.15, 0.2) is 0 Å². The molecular formula is C12H18N4O. The van der Waals surface area contributed by atoms with Gasteiger partial charge in [-0.1, -0.05) is 0 Å². The van der Waals surface area contributed by atoms with Crippen LogP contribution >= 0.6 is 0 Å². The number of carbonyl (C=O) groups is 1. The van der Waals surface area contributed by atoms with Gasteiger partial charge in [-0.3, -0.25) is 4.79 Å². The van der Waals surface area contributed by atoms with Crippen molar-refractivity contribution >= 4 is 11.7 Å². The first-order valence-corrected chi connectivity index (χ1v) is 5.93. The van der Waals surface area contributed by atoms with Gasteiger partial charge < -0.3 is 16.4 Å². The summed E-state index contributed by atoms with van der Waals surface area (Å²) in [5.41, 5.74) is 12.1. The van der Waals surface area contributed by atoms with E-state index in [4.69, 9.17) is 11.5 Å². The number of pyridine rings is 1. The van der Waals surface area contributed by atoms with Crippen LogP contribution in [0.5, 0.6) is 0 Å². The number of aromatic nitrogens is 1. The van der Waals surface area contributed by atoms with Crippen LogP contribution in [0.2, 0.25) is 0 Å². The fourth-order valence-corrected chi connectivity index (χ4v) is 2.25. The van der Waals surface area contributed by atoms with E-state index in [0.717, 1.165) is 37.2 Å². The second-order valence-electron chi connectivity index (χ2n) is 4.33. The Morgan fingerprint density at radius 3 is 3.06 bits per heavy atom. The average molecular weight is 234 g/mol. The van der Waals surface area contributed by atoms with Gasteiger partial charge in [0.1, 0.15) is 11.9 Å². The van der Waals surface area contributed by atoms with Gasteiger partial charge in [-0.05, 0) is 37.0 Å². The van der Waals surface area contributed by atoms with Crippen molar-refractivity contribution in [2.24, 2.45) is 11.5 Å². The summed E-state index contributed by atoms with van der Waals surface area (Å²) >= 11 is 0. The Bertz CT molecular complexity index is 407. The van der Waals surface area contributed by atoms with Crippen LogP contribution in [0.4, 0.5) is 5.82 Å². The second-order valence-corrected chi connectivity index (χ2v) is 4.33. The normalized spacial score (nSPS) is 20.3. The maximum absolute atomic E-state index is 11.4. The molecule has 1 aromatic rings. The number of amides is 1. The fourth-order valence-electron chi connectivity index (χ4n) is 2.25. The van der Waals surface area contributed by atoms with Crippen molar-refractivity contribution in [3.05, 3.63) is 23.9 Å². The van der Waals surface area contributed by atoms with E-state index >= 15 is 0 Å². The van der Waals surface area contributed by atoms with E-state index in [-0.39, 0.29) is 11.9 Å². The number of hydrogen-bond acceptors (Lipinski definition) is 4. The number of nitrogens with two attached hydrogens (primary N) is 2. The second kappa shape index (κ2) is 5.14. The highest BCUT2D eigenvalue weighted by Crippen LogP contribution is 2.23. The minimum atomic E-state index is -0.273. The molecule has 1 fully saturated rings. The molecule has 1 aromatic heterocycles. The highest BCUT2D eigenvalue weighted by molar-refractivity contribution is 5.83. The average Bonchev–Trinajstić information content (AvgIpc) is 2.39. The van der Waals surface area contributed by atoms with Crippen LogP contribution in [0.1, 0.15) is 24.8 Å². The van der Waals surface area contributed by atoms with Crippen molar-refractivity contribution in [2.45, 2.75) is 31.8 Å². The Balaban J connectivity index is 2.26. The van der Waals surface area contributed by atoms with Gasteiger partial charge in [-0.25, -0.2) is 4.98 Å². The molecule has 1 saturated heterocycles. The molecule has 1 unspecified atom stereocenters. The highest BCUT2D eigenvalue weighted by Gasteiger charge is 2.27. The first-order valence-electron chi connectivity index (χ1n) is 5.93. The van der Waals surface area contributed by atoms with E-state index in [1.165, 1.54) is 0 Å². The summed E-state index contributed by atoms with van der Waals surface area (Å²) in [6.07, 6.45) is 4.65. The first-order chi connectivity index (χ1) is 8.22. The zero-order valence-electron chi connectivity index (χ0n) is 9.80. The number of primary amides is 1. The molecule has 2 rings (SSSR count). The van der Waals surface area contributed by atoms with Crippen LogP contribution in [-0.4, -0.2) is 23.5 Å². The number of nitrogens with zero attached hydrogens (tertiary/aromatic N) is 2. The topological polar surface area (TPSA) is 85.2 Å². The zero-order chi connectivity index (χ0) is 12.3. The molecule has 0 bridgehead atoms. The standard InChI is InChI=1S/C12H18N4O/c13-8-9-4-5-15-11(7-9)16-6-2-1-3-10(16)12(14)17/h4-5,7,10H,1-3,6,8,13H2,(H2,14,17). The van der Waals surface area contributed by atoms with Crippen LogP contribution in [0.3, 0.4) is 0 Å². The molecule has 1 aliphatic rings. The maximum atomic E-state index is 11.4. The lowest BCUT2D eigenvalue weighted by molar-refractivity contribution is -0.119. The minimum absolute atomic E-state index is 0.232. The first kappa shape index (κ1) is 11.9. The van der Waals surface area contributed by atoms with Gasteiger partial charge in [0.2, 0.25) is 5.91 Å². The molecule has 0 spiro atoms. The van der Waals surface area contributed by atoms with Gasteiger partial charge in [-0.2, -0.15) is 0 Å². The third-order valence-corrected chi connectivity index (χ3v) is 3.17. The summed E-state index contributed by atoms with van der Waals surface area (Å²) in [6.45, 7) is 1.30. The molecule has 0 saturated carbocycles. The molecule has 1 aliphatic heterocycles. The molecule has 92 valence electrons. The van der Waals surface area contributed by atoms with E-state index in [0.29, 0.717) is 6.54 Å². The van der Waals surface area contributed by atoms with E-state index in [1.54, 1.807) is 6.20 Å². The highest BCUT2D eigenvalue weighted by atomic mass is 16.1. The summed E-state index contributed by atoms with van der Waals surface area (Å²) in [5, 5.41) is 0. The van der Waals surface area contributed by atoms with Gasteiger partial charge in [-0.15, -0.1) is 0 Å². The SMILES string of the molecule is NCc1ccnc(N2CCCCC2C(N)=O)c1. The number of carbonyl (C=O) groups excluding carboxylic acids is 1. The van der Waals surface area contributed by atoms with Crippen LogP contribution in [0.15, 0.2) is 18.3 Å². The van der Waals surface area contributed by atoms with E-state index in [2.05, 4.69) is 4.98 Å². The largest absolute Gasteiger partial charge is 0.368 e. The predicted octanol–water partition coefficient (Wildman–Crippen LogP) is 0.385. The predicted molar refractivity (Wildman–Crippen MR) is 66.3 cm³/mol. The Labute approximate surface area is 101 Å². The Hall–Kier alpha value is -1.62. The lowest BCUT2D eigenvalue weighted by Gasteiger charge is -2.34. The Morgan fingerprint density at radius 2 is 2.35 bits per heavy atom. The number of hydrogen-bond donors (Lipinski definition) is 2. The molecule has 5 heteroatoms. The third-order valence-electron chi connectivity index (χ3n) is 3.17. The van der Waals surface area contributed by atoms with Crippen molar-refractivity contribution in [1.29, 1.82) is 0 Å². The van der Waals surface area contributed by atoms with Crippen LogP contribution in [0.25, 0.3) is 0 Å². The molecule has 5 nitrogen and oxygen atoms in total. The van der Waals surface area contributed by atoms with Gasteiger partial charge >= 0.3 is 0 Å². The summed E-state index contributed by atoms with van der Waals surface area (Å²) < 4.78 is 0. The van der Waals surface area contributed by atoms with Gasteiger partial charge in [0.05, 0.1) is 0 Å². The van der Waals surface area contributed by atoms with Crippen molar-refractivity contribution in [3.63, 3.8) is 0 Å². The number of anilines is 1. The van der Waals surface area contributed by atoms with Crippen molar-refractivity contribution in [3.8, 4) is 0 Å². The molecule has 4 N–H and O–H groups in total. The van der Waals surface area contributed by atoms with Crippen molar-refractivity contribution < 1.29 is 4.79 Å². The van der Waals surface area contributed by atoms with Gasteiger partial charge in [0, 0.05) is 19.3 Å². The van der Waals surface area contributed by atoms with E-state index < -0.39 is 0 Å². The molecule has 17 heavy (non-hydrogen) atoms. The summed E-state index contributed by atoms with van der Waals surface area (Å²) in [7, 11) is 0. The van der Waals surface area contributed by atoms with Crippen LogP contribution < -0.4 is 16.4 Å². The zero-order valence-corrected chi connectivity index (χ0v) is 9.80. The summed E-state index contributed by atoms with van der Waals surface area (Å²) in [5.74, 6) is 0.529. The Kier molecular flexibility index (Phi) is 3.58. The van der Waals surface area contributed by atoms with Crippen LogP contribution in [0, 0.1) is 0 Å². The molecule has 2 heterocycles. The van der Waals surface area contributed by atoms with Gasteiger partial charge in [0.25, 0.3) is 0 Å². The lowest BCUT2D eigenvalue weighted by Crippen LogP contribution is -2.48. The van der Waals surface area contributed by atoms with E-state index in [9.17, 15) is 4.79 Å². The van der Waals surface area contributed by atoms with Crippen LogP contribution in [-0.2, 0) is 11.3 Å². The van der Waals surface area contributed by atoms with E-state index in [1.807, 2.05) is 17.0 Å². The fraction of sp³-hybridized carbons (Fsp3) is 0.500. The monoisotopic (exact) mass is 234 g/mol.